The molecule has 0 aromatic heterocycles. The molecule has 4 N–H and O–H groups in total. The van der Waals surface area contributed by atoms with E-state index in [4.69, 9.17) is 0 Å². The van der Waals surface area contributed by atoms with Crippen molar-refractivity contribution in [2.75, 3.05) is 6.67 Å². The van der Waals surface area contributed by atoms with Gasteiger partial charge in [-0.05, 0) is 0 Å². The molecule has 0 atom stereocenters. The number of hydrogen-bond acceptors (Lipinski definition) is 2. The van der Waals surface area contributed by atoms with E-state index < -0.39 is 0 Å². The second-order valence-corrected chi connectivity index (χ2v) is 1.39. The molecule has 1 aromatic rings. The van der Waals surface area contributed by atoms with Crippen molar-refractivity contribution in [3.63, 3.8) is 0 Å². The molecule has 0 saturated heterocycles. The standard InChI is InChI=1S/C6H6.CH6N2.2H2/c1-2-4-6-5-3-1;2-1-3;;/h1-6H;1-3H2;2*1H. The highest BCUT2D eigenvalue weighted by Crippen LogP contribution is 1.79. The maximum atomic E-state index is 4.62. The zero-order chi connectivity index (χ0) is 6.95. The summed E-state index contributed by atoms with van der Waals surface area (Å²) in [7, 11) is 0. The minimum atomic E-state index is 0. The van der Waals surface area contributed by atoms with Crippen molar-refractivity contribution in [2.24, 2.45) is 11.5 Å². The van der Waals surface area contributed by atoms with Gasteiger partial charge in [0.05, 0.1) is 0 Å². The first-order valence-corrected chi connectivity index (χ1v) is 2.82. The van der Waals surface area contributed by atoms with Crippen LogP contribution in [0.25, 0.3) is 0 Å². The predicted molar refractivity (Wildman–Crippen MR) is 43.9 cm³/mol. The third kappa shape index (κ3) is 7.14. The van der Waals surface area contributed by atoms with Crippen LogP contribution >= 0.6 is 0 Å². The average Bonchev–Trinajstić information content (AvgIpc) is 1.93. The summed E-state index contributed by atoms with van der Waals surface area (Å²) >= 11 is 0. The lowest BCUT2D eigenvalue weighted by atomic mass is 10.4. The molecule has 9 heavy (non-hydrogen) atoms. The van der Waals surface area contributed by atoms with E-state index in [0.29, 0.717) is 0 Å². The molecule has 0 aliphatic rings. The first-order valence-electron chi connectivity index (χ1n) is 2.82. The van der Waals surface area contributed by atoms with Crippen molar-refractivity contribution in [3.05, 3.63) is 36.4 Å². The quantitative estimate of drug-likeness (QED) is 0.513. The van der Waals surface area contributed by atoms with Gasteiger partial charge in [-0.2, -0.15) is 0 Å². The van der Waals surface area contributed by atoms with Crippen LogP contribution in [0, 0.1) is 0 Å². The predicted octanol–water partition coefficient (Wildman–Crippen LogP) is 1.04. The summed E-state index contributed by atoms with van der Waals surface area (Å²) in [5, 5.41) is 0. The van der Waals surface area contributed by atoms with Gasteiger partial charge in [0.25, 0.3) is 0 Å². The Morgan fingerprint density at radius 3 is 1.00 bits per heavy atom. The lowest BCUT2D eigenvalue weighted by molar-refractivity contribution is 1.07. The van der Waals surface area contributed by atoms with Crippen molar-refractivity contribution in [3.8, 4) is 0 Å². The van der Waals surface area contributed by atoms with Gasteiger partial charge in [0.15, 0.2) is 0 Å². The Morgan fingerprint density at radius 2 is 0.889 bits per heavy atom. The Labute approximate surface area is 58.5 Å². The third-order valence-corrected chi connectivity index (χ3v) is 0.667. The van der Waals surface area contributed by atoms with E-state index in [2.05, 4.69) is 11.5 Å². The number of hydrogen-bond donors (Lipinski definition) is 2. The molecule has 0 saturated carbocycles. The number of nitrogens with two attached hydrogens (primary N) is 2. The first kappa shape index (κ1) is 8.14. The normalized spacial score (nSPS) is 7.33. The van der Waals surface area contributed by atoms with Gasteiger partial charge in [0.2, 0.25) is 0 Å². The number of benzene rings is 1. The largest absolute Gasteiger partial charge is 0.319 e. The maximum absolute atomic E-state index is 4.62. The van der Waals surface area contributed by atoms with Crippen LogP contribution in [0.2, 0.25) is 0 Å². The highest BCUT2D eigenvalue weighted by Gasteiger charge is 1.57. The molecular formula is C7H16N2. The van der Waals surface area contributed by atoms with Crippen LogP contribution in [-0.2, 0) is 0 Å². The van der Waals surface area contributed by atoms with Crippen LogP contribution in [-0.4, -0.2) is 6.67 Å². The second-order valence-electron chi connectivity index (χ2n) is 1.39. The topological polar surface area (TPSA) is 52.0 Å². The highest BCUT2D eigenvalue weighted by molar-refractivity contribution is 4.99. The molecule has 2 nitrogen and oxygen atoms in total. The second kappa shape index (κ2) is 7.14. The molecule has 0 aliphatic heterocycles. The van der Waals surface area contributed by atoms with Crippen LogP contribution in [0.5, 0.6) is 0 Å². The zero-order valence-corrected chi connectivity index (χ0v) is 5.33. The van der Waals surface area contributed by atoms with Gasteiger partial charge in [0, 0.05) is 9.52 Å². The Kier molecular flexibility index (Phi) is 6.46. The summed E-state index contributed by atoms with van der Waals surface area (Å²) < 4.78 is 0. The van der Waals surface area contributed by atoms with Gasteiger partial charge in [0.1, 0.15) is 0 Å². The van der Waals surface area contributed by atoms with Gasteiger partial charge in [-0.25, -0.2) is 0 Å². The van der Waals surface area contributed by atoms with Crippen molar-refractivity contribution < 1.29 is 2.85 Å². The molecule has 0 bridgehead atoms. The molecule has 0 fully saturated rings. The van der Waals surface area contributed by atoms with E-state index in [1.54, 1.807) is 0 Å². The molecule has 0 spiro atoms. The van der Waals surface area contributed by atoms with E-state index >= 15 is 0 Å². The molecule has 0 aliphatic carbocycles. The monoisotopic (exact) mass is 128 g/mol. The zero-order valence-electron chi connectivity index (χ0n) is 5.33. The van der Waals surface area contributed by atoms with Gasteiger partial charge in [-0.1, -0.05) is 36.4 Å². The van der Waals surface area contributed by atoms with Gasteiger partial charge in [-0.3, -0.25) is 0 Å². The lowest BCUT2D eigenvalue weighted by Crippen LogP contribution is -2.08. The summed E-state index contributed by atoms with van der Waals surface area (Å²) in [5.74, 6) is 0. The lowest BCUT2D eigenvalue weighted by Gasteiger charge is -1.69. The Balaban J connectivity index is -0.000000116. The fourth-order valence-electron chi connectivity index (χ4n) is 0.385. The van der Waals surface area contributed by atoms with E-state index in [0.717, 1.165) is 0 Å². The van der Waals surface area contributed by atoms with Crippen LogP contribution in [0.1, 0.15) is 2.85 Å². The molecule has 54 valence electrons. The summed E-state index contributed by atoms with van der Waals surface area (Å²) in [6.07, 6.45) is 0. The van der Waals surface area contributed by atoms with Crippen LogP contribution in [0.15, 0.2) is 36.4 Å². The van der Waals surface area contributed by atoms with E-state index in [1.807, 2.05) is 36.4 Å². The minimum absolute atomic E-state index is 0. The van der Waals surface area contributed by atoms with Crippen molar-refractivity contribution >= 4 is 0 Å². The molecule has 0 heterocycles. The Hall–Kier alpha value is -0.860. The van der Waals surface area contributed by atoms with Crippen LogP contribution in [0.3, 0.4) is 0 Å². The fraction of sp³-hybridized carbons (Fsp3) is 0.143. The summed E-state index contributed by atoms with van der Waals surface area (Å²) in [4.78, 5) is 0. The summed E-state index contributed by atoms with van der Waals surface area (Å²) in [6.45, 7) is 0.250. The number of rotatable bonds is 0. The van der Waals surface area contributed by atoms with Crippen molar-refractivity contribution in [1.82, 2.24) is 0 Å². The molecule has 1 aromatic carbocycles. The molecule has 0 unspecified atom stereocenters. The molecule has 1 rings (SSSR count). The SMILES string of the molecule is NCN.[HH].[HH].c1ccccc1. The highest BCUT2D eigenvalue weighted by atomic mass is 14.7. The van der Waals surface area contributed by atoms with Gasteiger partial charge >= 0.3 is 0 Å². The molecule has 2 heteroatoms. The van der Waals surface area contributed by atoms with Gasteiger partial charge < -0.3 is 11.5 Å². The smallest absolute Gasteiger partial charge is 0.0403 e. The van der Waals surface area contributed by atoms with E-state index in [-0.39, 0.29) is 9.52 Å². The fourth-order valence-corrected chi connectivity index (χ4v) is 0.385. The molecule has 0 radical (unpaired) electrons. The summed E-state index contributed by atoms with van der Waals surface area (Å²) in [6, 6.07) is 12.0. The van der Waals surface area contributed by atoms with E-state index in [1.165, 1.54) is 0 Å². The maximum Gasteiger partial charge on any atom is 0.0403 e. The van der Waals surface area contributed by atoms with Crippen LogP contribution in [0.4, 0.5) is 0 Å². The van der Waals surface area contributed by atoms with Crippen molar-refractivity contribution in [2.45, 2.75) is 0 Å². The molecular weight excluding hydrogens is 112 g/mol. The van der Waals surface area contributed by atoms with Gasteiger partial charge in [-0.15, -0.1) is 0 Å². The first-order chi connectivity index (χ1) is 4.41. The average molecular weight is 128 g/mol. The van der Waals surface area contributed by atoms with Crippen molar-refractivity contribution in [1.29, 1.82) is 0 Å². The van der Waals surface area contributed by atoms with E-state index in [9.17, 15) is 0 Å². The minimum Gasteiger partial charge on any atom is -0.319 e. The summed E-state index contributed by atoms with van der Waals surface area (Å²) in [5.41, 5.74) is 9.25. The Morgan fingerprint density at radius 1 is 0.778 bits per heavy atom. The Bertz CT molecular complexity index is 97.3. The van der Waals surface area contributed by atoms with Crippen LogP contribution < -0.4 is 11.5 Å². The third-order valence-electron chi connectivity index (χ3n) is 0.667. The molecule has 0 amide bonds.